The molecule has 1 fully saturated rings. The number of aldehydes is 1. The van der Waals surface area contributed by atoms with E-state index in [-0.39, 0.29) is 5.57 Å². The summed E-state index contributed by atoms with van der Waals surface area (Å²) >= 11 is 0. The molecule has 10 heteroatoms. The van der Waals surface area contributed by atoms with Crippen molar-refractivity contribution in [1.29, 1.82) is 0 Å². The number of hydrogen-bond acceptors (Lipinski definition) is 5. The highest BCUT2D eigenvalue weighted by Crippen LogP contribution is 2.28. The summed E-state index contributed by atoms with van der Waals surface area (Å²) in [6, 6.07) is 4.74. The summed E-state index contributed by atoms with van der Waals surface area (Å²) in [4.78, 5) is 20.9. The van der Waals surface area contributed by atoms with Crippen LogP contribution in [0, 0.1) is 6.92 Å². The van der Waals surface area contributed by atoms with Crippen molar-refractivity contribution in [2.75, 3.05) is 27.2 Å². The molecule has 1 saturated heterocycles. The summed E-state index contributed by atoms with van der Waals surface area (Å²) in [6.45, 7) is 2.92. The quantitative estimate of drug-likeness (QED) is 0.286. The monoisotopic (exact) mass is 525 g/mol. The van der Waals surface area contributed by atoms with Gasteiger partial charge in [-0.3, -0.25) is 10.0 Å². The second kappa shape index (κ2) is 12.1. The Bertz CT molecular complexity index is 1330. The Morgan fingerprint density at radius 2 is 2.03 bits per heavy atom. The third-order valence-corrected chi connectivity index (χ3v) is 6.40. The molecule has 1 aliphatic heterocycles. The maximum atomic E-state index is 14.2. The fourth-order valence-corrected chi connectivity index (χ4v) is 4.53. The average molecular weight is 526 g/mol. The van der Waals surface area contributed by atoms with Crippen LogP contribution >= 0.6 is 0 Å². The highest BCUT2D eigenvalue weighted by Gasteiger charge is 2.32. The first-order chi connectivity index (χ1) is 18.3. The van der Waals surface area contributed by atoms with Crippen molar-refractivity contribution in [3.05, 3.63) is 83.5 Å². The van der Waals surface area contributed by atoms with Crippen LogP contribution in [0.4, 0.5) is 13.2 Å². The summed E-state index contributed by atoms with van der Waals surface area (Å²) in [7, 11) is 3.23. The molecule has 0 amide bonds. The predicted molar refractivity (Wildman–Crippen MR) is 141 cm³/mol. The Morgan fingerprint density at radius 1 is 1.24 bits per heavy atom. The van der Waals surface area contributed by atoms with Crippen LogP contribution in [-0.4, -0.2) is 71.2 Å². The number of benzene rings is 1. The number of alkyl halides is 1. The van der Waals surface area contributed by atoms with Gasteiger partial charge in [-0.25, -0.2) is 23.2 Å². The lowest BCUT2D eigenvalue weighted by Gasteiger charge is -2.43. The Morgan fingerprint density at radius 3 is 2.71 bits per heavy atom. The van der Waals surface area contributed by atoms with Crippen molar-refractivity contribution in [2.45, 2.75) is 32.0 Å². The SMILES string of the molecule is CN=C(/C=C/c1ccc(-n2cnc(C)c2)c(OC)c1)N1CCCCN1C(C=O)C1=CC(F)=CC(F)C(F)=C1. The van der Waals surface area contributed by atoms with E-state index >= 15 is 0 Å². The number of rotatable bonds is 7. The first-order valence-electron chi connectivity index (χ1n) is 12.3. The number of methoxy groups -OCH3 is 1. The minimum atomic E-state index is -2.19. The predicted octanol–water partition coefficient (Wildman–Crippen LogP) is 5.10. The van der Waals surface area contributed by atoms with Gasteiger partial charge in [-0.2, -0.15) is 0 Å². The molecule has 200 valence electrons. The number of hydrazine groups is 1. The molecule has 2 heterocycles. The number of aromatic nitrogens is 2. The van der Waals surface area contributed by atoms with Gasteiger partial charge in [0.1, 0.15) is 35.6 Å². The number of halogens is 3. The maximum absolute atomic E-state index is 14.2. The Balaban J connectivity index is 1.60. The zero-order valence-electron chi connectivity index (χ0n) is 21.5. The van der Waals surface area contributed by atoms with Crippen LogP contribution in [0.1, 0.15) is 24.1 Å². The van der Waals surface area contributed by atoms with Crippen LogP contribution < -0.4 is 4.74 Å². The zero-order chi connectivity index (χ0) is 27.2. The molecule has 0 spiro atoms. The first-order valence-corrected chi connectivity index (χ1v) is 12.3. The summed E-state index contributed by atoms with van der Waals surface area (Å²) in [5.74, 6) is -0.857. The Kier molecular flexibility index (Phi) is 8.62. The van der Waals surface area contributed by atoms with Crippen LogP contribution in [0.2, 0.25) is 0 Å². The number of aliphatic imine (C=N–C) groups is 1. The topological polar surface area (TPSA) is 63.0 Å². The van der Waals surface area contributed by atoms with Crippen molar-refractivity contribution < 1.29 is 22.7 Å². The number of carbonyl (C=O) groups excluding carboxylic acids is 1. The zero-order valence-corrected chi connectivity index (χ0v) is 21.5. The molecule has 2 aliphatic rings. The van der Waals surface area contributed by atoms with Crippen LogP contribution in [0.15, 0.2) is 77.2 Å². The summed E-state index contributed by atoms with van der Waals surface area (Å²) in [5.41, 5.74) is 2.63. The summed E-state index contributed by atoms with van der Waals surface area (Å²) in [6.07, 6.45) is 9.79. The van der Waals surface area contributed by atoms with Gasteiger partial charge >= 0.3 is 0 Å². The van der Waals surface area contributed by atoms with Gasteiger partial charge in [0.05, 0.1) is 24.8 Å². The lowest BCUT2D eigenvalue weighted by atomic mass is 10.0. The maximum Gasteiger partial charge on any atom is 0.173 e. The largest absolute Gasteiger partial charge is 0.495 e. The third-order valence-electron chi connectivity index (χ3n) is 6.40. The van der Waals surface area contributed by atoms with E-state index in [1.54, 1.807) is 25.5 Å². The fraction of sp³-hybridized carbons (Fsp3) is 0.321. The normalized spacial score (nSPS) is 20.1. The van der Waals surface area contributed by atoms with Crippen molar-refractivity contribution >= 4 is 18.2 Å². The van der Waals surface area contributed by atoms with Crippen LogP contribution in [0.5, 0.6) is 5.75 Å². The van der Waals surface area contributed by atoms with Gasteiger partial charge in [0, 0.05) is 26.3 Å². The fourth-order valence-electron chi connectivity index (χ4n) is 4.53. The highest BCUT2D eigenvalue weighted by molar-refractivity contribution is 5.96. The molecule has 4 rings (SSSR count). The number of ether oxygens (including phenoxy) is 1. The van der Waals surface area contributed by atoms with Gasteiger partial charge in [0.25, 0.3) is 0 Å². The molecule has 2 aromatic rings. The molecular formula is C28H30F3N5O2. The van der Waals surface area contributed by atoms with E-state index in [0.29, 0.717) is 37.0 Å². The number of aryl methyl sites for hydroxylation is 1. The lowest BCUT2D eigenvalue weighted by molar-refractivity contribution is -0.117. The number of allylic oxidation sites excluding steroid dienone is 4. The number of nitrogens with zero attached hydrogens (tertiary/aromatic N) is 5. The summed E-state index contributed by atoms with van der Waals surface area (Å²) in [5, 5.41) is 3.54. The van der Waals surface area contributed by atoms with Gasteiger partial charge in [-0.1, -0.05) is 12.1 Å². The van der Waals surface area contributed by atoms with E-state index in [1.165, 1.54) is 0 Å². The second-order valence-corrected chi connectivity index (χ2v) is 8.97. The third kappa shape index (κ3) is 5.96. The molecule has 0 N–H and O–H groups in total. The van der Waals surface area contributed by atoms with E-state index in [0.717, 1.165) is 41.9 Å². The molecule has 7 nitrogen and oxygen atoms in total. The van der Waals surface area contributed by atoms with Gasteiger partial charge in [0.2, 0.25) is 0 Å². The minimum absolute atomic E-state index is 0.0350. The number of amidine groups is 1. The molecule has 1 aliphatic carbocycles. The van der Waals surface area contributed by atoms with Crippen LogP contribution in [-0.2, 0) is 4.79 Å². The molecule has 1 aromatic carbocycles. The van der Waals surface area contributed by atoms with Gasteiger partial charge in [-0.15, -0.1) is 0 Å². The molecule has 0 bridgehead atoms. The molecule has 38 heavy (non-hydrogen) atoms. The number of hydrogen-bond donors (Lipinski definition) is 0. The van der Waals surface area contributed by atoms with E-state index in [2.05, 4.69) is 9.98 Å². The molecule has 2 unspecified atom stereocenters. The Hall–Kier alpha value is -3.92. The smallest absolute Gasteiger partial charge is 0.173 e. The second-order valence-electron chi connectivity index (χ2n) is 8.97. The summed E-state index contributed by atoms with van der Waals surface area (Å²) < 4.78 is 49.6. The molecule has 1 aromatic heterocycles. The van der Waals surface area contributed by atoms with Crippen molar-refractivity contribution in [3.8, 4) is 11.4 Å². The van der Waals surface area contributed by atoms with Crippen molar-refractivity contribution in [3.63, 3.8) is 0 Å². The van der Waals surface area contributed by atoms with E-state index in [4.69, 9.17) is 4.74 Å². The standard InChI is InChI=1S/C28H30F3N5O2/c1-19-16-34(18-33-19)25-8-6-20(12-27(25)38-3)7-9-28(32-2)36-11-5-4-10-35(36)26(17-37)21-13-22(29)15-24(31)23(30)14-21/h6-9,12-18,24,26H,4-5,10-11H2,1-3H3/b9-7+,32-28?. The van der Waals surface area contributed by atoms with Crippen molar-refractivity contribution in [1.82, 2.24) is 19.6 Å². The number of imidazole rings is 1. The average Bonchev–Trinajstić information content (AvgIpc) is 3.30. The number of carbonyl (C=O) groups is 1. The van der Waals surface area contributed by atoms with E-state index < -0.39 is 23.9 Å². The molecule has 0 radical (unpaired) electrons. The first kappa shape index (κ1) is 27.1. The highest BCUT2D eigenvalue weighted by atomic mass is 19.2. The van der Waals surface area contributed by atoms with Crippen LogP contribution in [0.25, 0.3) is 11.8 Å². The molecular weight excluding hydrogens is 495 g/mol. The Labute approximate surface area is 219 Å². The van der Waals surface area contributed by atoms with E-state index in [1.807, 2.05) is 53.0 Å². The van der Waals surface area contributed by atoms with Crippen molar-refractivity contribution in [2.24, 2.45) is 4.99 Å². The van der Waals surface area contributed by atoms with Gasteiger partial charge in [0.15, 0.2) is 6.17 Å². The molecule has 0 saturated carbocycles. The van der Waals surface area contributed by atoms with Gasteiger partial charge < -0.3 is 14.1 Å². The minimum Gasteiger partial charge on any atom is -0.495 e. The lowest BCUT2D eigenvalue weighted by Crippen LogP contribution is -2.55. The van der Waals surface area contributed by atoms with Gasteiger partial charge in [-0.05, 0) is 67.3 Å². The molecule has 2 atom stereocenters. The van der Waals surface area contributed by atoms with E-state index in [9.17, 15) is 18.0 Å². The van der Waals surface area contributed by atoms with Crippen LogP contribution in [0.3, 0.4) is 0 Å².